The molecule has 0 atom stereocenters. The molecule has 0 aliphatic carbocycles. The van der Waals surface area contributed by atoms with E-state index in [2.05, 4.69) is 41.5 Å². The van der Waals surface area contributed by atoms with E-state index in [0.717, 1.165) is 18.7 Å². The minimum Gasteiger partial charge on any atom is -0.480 e. The Labute approximate surface area is 108 Å². The second kappa shape index (κ2) is 6.05. The first-order valence-electron chi connectivity index (χ1n) is 6.14. The van der Waals surface area contributed by atoms with Gasteiger partial charge < -0.3 is 10.1 Å². The first-order chi connectivity index (χ1) is 8.85. The molecular formula is C15H18N2O. The molecule has 0 aliphatic rings. The summed E-state index contributed by atoms with van der Waals surface area (Å²) in [4.78, 5) is 4.17. The van der Waals surface area contributed by atoms with Crippen LogP contribution in [0.25, 0.3) is 0 Å². The highest BCUT2D eigenvalue weighted by Gasteiger charge is 2.04. The summed E-state index contributed by atoms with van der Waals surface area (Å²) in [7, 11) is 1.63. The van der Waals surface area contributed by atoms with Crippen LogP contribution < -0.4 is 10.1 Å². The van der Waals surface area contributed by atoms with Crippen molar-refractivity contribution in [2.45, 2.75) is 19.9 Å². The van der Waals surface area contributed by atoms with Gasteiger partial charge in [-0.1, -0.05) is 31.2 Å². The van der Waals surface area contributed by atoms with Crippen molar-refractivity contribution in [3.05, 3.63) is 53.7 Å². The number of rotatable bonds is 5. The van der Waals surface area contributed by atoms with Gasteiger partial charge in [-0.2, -0.15) is 0 Å². The summed E-state index contributed by atoms with van der Waals surface area (Å²) in [5, 5.41) is 3.37. The highest BCUT2D eigenvalue weighted by molar-refractivity contribution is 5.52. The van der Waals surface area contributed by atoms with Crippen molar-refractivity contribution in [2.75, 3.05) is 12.4 Å². The third-order valence-corrected chi connectivity index (χ3v) is 2.93. The summed E-state index contributed by atoms with van der Waals surface area (Å²) in [6.45, 7) is 2.95. The lowest BCUT2D eigenvalue weighted by Gasteiger charge is -2.12. The predicted molar refractivity (Wildman–Crippen MR) is 73.9 cm³/mol. The van der Waals surface area contributed by atoms with Crippen LogP contribution in [0.1, 0.15) is 18.1 Å². The number of hydrogen-bond acceptors (Lipinski definition) is 3. The van der Waals surface area contributed by atoms with Gasteiger partial charge in [-0.15, -0.1) is 0 Å². The van der Waals surface area contributed by atoms with Gasteiger partial charge in [-0.3, -0.25) is 0 Å². The molecule has 1 N–H and O–H groups in total. The van der Waals surface area contributed by atoms with Gasteiger partial charge in [-0.25, -0.2) is 4.98 Å². The van der Waals surface area contributed by atoms with Crippen LogP contribution >= 0.6 is 0 Å². The molecule has 1 aromatic carbocycles. The topological polar surface area (TPSA) is 34.2 Å². The molecule has 0 bridgehead atoms. The number of hydrogen-bond donors (Lipinski definition) is 1. The van der Waals surface area contributed by atoms with Gasteiger partial charge in [0.05, 0.1) is 12.8 Å². The van der Waals surface area contributed by atoms with Gasteiger partial charge in [0.1, 0.15) is 0 Å². The van der Waals surface area contributed by atoms with Crippen molar-refractivity contribution < 1.29 is 4.74 Å². The van der Waals surface area contributed by atoms with Crippen molar-refractivity contribution in [1.82, 2.24) is 4.98 Å². The zero-order valence-corrected chi connectivity index (χ0v) is 10.8. The summed E-state index contributed by atoms with van der Waals surface area (Å²) in [6, 6.07) is 12.3. The fraction of sp³-hybridized carbons (Fsp3) is 0.267. The molecule has 0 saturated carbocycles. The third-order valence-electron chi connectivity index (χ3n) is 2.93. The highest BCUT2D eigenvalue weighted by atomic mass is 16.5. The van der Waals surface area contributed by atoms with Crippen molar-refractivity contribution in [1.29, 1.82) is 0 Å². The third kappa shape index (κ3) is 2.80. The molecule has 2 aromatic rings. The number of methoxy groups -OCH3 is 1. The monoisotopic (exact) mass is 242 g/mol. The number of pyridine rings is 1. The molecular weight excluding hydrogens is 224 g/mol. The van der Waals surface area contributed by atoms with E-state index >= 15 is 0 Å². The lowest BCUT2D eigenvalue weighted by atomic mass is 10.1. The maximum Gasteiger partial charge on any atom is 0.237 e. The zero-order valence-electron chi connectivity index (χ0n) is 10.8. The number of aryl methyl sites for hydroxylation is 1. The molecule has 0 unspecified atom stereocenters. The number of benzene rings is 1. The average molecular weight is 242 g/mol. The smallest absolute Gasteiger partial charge is 0.237 e. The first kappa shape index (κ1) is 12.4. The fourth-order valence-corrected chi connectivity index (χ4v) is 1.95. The number of anilines is 1. The quantitative estimate of drug-likeness (QED) is 0.873. The van der Waals surface area contributed by atoms with Crippen molar-refractivity contribution in [3.63, 3.8) is 0 Å². The van der Waals surface area contributed by atoms with Crippen LogP contribution in [0.4, 0.5) is 5.69 Å². The van der Waals surface area contributed by atoms with Crippen LogP contribution in [0.5, 0.6) is 5.88 Å². The maximum absolute atomic E-state index is 5.22. The van der Waals surface area contributed by atoms with E-state index in [0.29, 0.717) is 5.88 Å². The molecule has 18 heavy (non-hydrogen) atoms. The second-order valence-corrected chi connectivity index (χ2v) is 4.04. The van der Waals surface area contributed by atoms with E-state index in [4.69, 9.17) is 4.74 Å². The van der Waals surface area contributed by atoms with Crippen LogP contribution in [0.2, 0.25) is 0 Å². The Morgan fingerprint density at radius 2 is 1.89 bits per heavy atom. The lowest BCUT2D eigenvalue weighted by Crippen LogP contribution is -2.04. The summed E-state index contributed by atoms with van der Waals surface area (Å²) in [6.07, 6.45) is 2.77. The van der Waals surface area contributed by atoms with E-state index in [-0.39, 0.29) is 0 Å². The van der Waals surface area contributed by atoms with Crippen LogP contribution in [0, 0.1) is 0 Å². The highest BCUT2D eigenvalue weighted by Crippen LogP contribution is 2.21. The Hall–Kier alpha value is -2.03. The SMILES string of the molecule is CCc1ccccc1CNc1cccnc1OC. The molecule has 0 saturated heterocycles. The van der Waals surface area contributed by atoms with Gasteiger partial charge >= 0.3 is 0 Å². The van der Waals surface area contributed by atoms with E-state index in [9.17, 15) is 0 Å². The molecule has 2 rings (SSSR count). The molecule has 0 amide bonds. The summed E-state index contributed by atoms with van der Waals surface area (Å²) in [5.74, 6) is 0.631. The van der Waals surface area contributed by atoms with Crippen molar-refractivity contribution in [2.24, 2.45) is 0 Å². The maximum atomic E-state index is 5.22. The van der Waals surface area contributed by atoms with Gasteiger partial charge in [0.25, 0.3) is 0 Å². The number of aromatic nitrogens is 1. The average Bonchev–Trinajstić information content (AvgIpc) is 2.45. The van der Waals surface area contributed by atoms with Gasteiger partial charge in [0, 0.05) is 12.7 Å². The summed E-state index contributed by atoms with van der Waals surface area (Å²) in [5.41, 5.74) is 3.60. The fourth-order valence-electron chi connectivity index (χ4n) is 1.95. The van der Waals surface area contributed by atoms with Crippen LogP contribution in [0.15, 0.2) is 42.6 Å². The zero-order chi connectivity index (χ0) is 12.8. The van der Waals surface area contributed by atoms with Crippen LogP contribution in [0.3, 0.4) is 0 Å². The number of ether oxygens (including phenoxy) is 1. The summed E-state index contributed by atoms with van der Waals surface area (Å²) < 4.78 is 5.22. The minimum atomic E-state index is 0.631. The Bertz CT molecular complexity index is 464. The standard InChI is InChI=1S/C15H18N2O/c1-3-12-7-4-5-8-13(12)11-17-14-9-6-10-16-15(14)18-2/h4-10,17H,3,11H2,1-2H3. The lowest BCUT2D eigenvalue weighted by molar-refractivity contribution is 0.399. The van der Waals surface area contributed by atoms with E-state index < -0.39 is 0 Å². The Morgan fingerprint density at radius 3 is 2.61 bits per heavy atom. The van der Waals surface area contributed by atoms with Crippen molar-refractivity contribution >= 4 is 5.69 Å². The molecule has 3 nitrogen and oxygen atoms in total. The van der Waals surface area contributed by atoms with E-state index in [1.165, 1.54) is 11.1 Å². The van der Waals surface area contributed by atoms with E-state index in [1.54, 1.807) is 13.3 Å². The molecule has 1 heterocycles. The molecule has 0 spiro atoms. The van der Waals surface area contributed by atoms with E-state index in [1.807, 2.05) is 12.1 Å². The minimum absolute atomic E-state index is 0.631. The normalized spacial score (nSPS) is 10.1. The molecule has 0 fully saturated rings. The van der Waals surface area contributed by atoms with Crippen LogP contribution in [-0.2, 0) is 13.0 Å². The van der Waals surface area contributed by atoms with Gasteiger partial charge in [0.15, 0.2) is 0 Å². The largest absolute Gasteiger partial charge is 0.480 e. The molecule has 1 aromatic heterocycles. The Kier molecular flexibility index (Phi) is 4.18. The van der Waals surface area contributed by atoms with Crippen molar-refractivity contribution in [3.8, 4) is 5.88 Å². The molecule has 0 aliphatic heterocycles. The Balaban J connectivity index is 2.11. The molecule has 94 valence electrons. The molecule has 3 heteroatoms. The molecule has 0 radical (unpaired) electrons. The summed E-state index contributed by atoms with van der Waals surface area (Å²) >= 11 is 0. The Morgan fingerprint density at radius 1 is 1.11 bits per heavy atom. The van der Waals surface area contributed by atoms with Crippen LogP contribution in [-0.4, -0.2) is 12.1 Å². The number of nitrogens with one attached hydrogen (secondary N) is 1. The first-order valence-corrected chi connectivity index (χ1v) is 6.14. The van der Waals surface area contributed by atoms with Gasteiger partial charge in [0.2, 0.25) is 5.88 Å². The second-order valence-electron chi connectivity index (χ2n) is 4.04. The number of nitrogens with zero attached hydrogens (tertiary/aromatic N) is 1. The predicted octanol–water partition coefficient (Wildman–Crippen LogP) is 3.26. The van der Waals surface area contributed by atoms with Gasteiger partial charge in [-0.05, 0) is 29.7 Å².